The maximum atomic E-state index is 13.8. The van der Waals surface area contributed by atoms with Crippen molar-refractivity contribution in [2.75, 3.05) is 18.6 Å². The lowest BCUT2D eigenvalue weighted by Gasteiger charge is -2.42. The molecular weight excluding hydrogens is 590 g/mol. The van der Waals surface area contributed by atoms with Gasteiger partial charge in [-0.2, -0.15) is 11.8 Å². The molecule has 2 aromatic rings. The van der Waals surface area contributed by atoms with Crippen LogP contribution in [0, 0.1) is 0 Å². The summed E-state index contributed by atoms with van der Waals surface area (Å²) in [5.74, 6) is -2.25. The number of thioether (sulfide) groups is 1. The quantitative estimate of drug-likeness (QED) is 0.163. The van der Waals surface area contributed by atoms with Crippen molar-refractivity contribution in [3.05, 3.63) is 51.6 Å². The van der Waals surface area contributed by atoms with Crippen molar-refractivity contribution in [2.24, 2.45) is 5.73 Å². The summed E-state index contributed by atoms with van der Waals surface area (Å²) in [6.07, 6.45) is -1.56. The fourth-order valence-corrected chi connectivity index (χ4v) is 7.36. The average Bonchev–Trinajstić information content (AvgIpc) is 2.99. The minimum atomic E-state index is -2.02. The maximum absolute atomic E-state index is 13.8. The zero-order valence-electron chi connectivity index (χ0n) is 25.0. The van der Waals surface area contributed by atoms with Crippen LogP contribution in [0.4, 0.5) is 0 Å². The molecule has 44 heavy (non-hydrogen) atoms. The number of carbonyl (C=O) groups is 3. The van der Waals surface area contributed by atoms with Crippen molar-refractivity contribution in [3.8, 4) is 17.2 Å². The largest absolute Gasteiger partial charge is 0.507 e. The minimum Gasteiger partial charge on any atom is -0.507 e. The number of hydrogen-bond acceptors (Lipinski definition) is 12. The molecule has 0 unspecified atom stereocenters. The number of benzene rings is 2. The number of fused-ring (bicyclic) bond motifs is 3. The molecule has 2 aliphatic carbocycles. The van der Waals surface area contributed by atoms with Gasteiger partial charge in [-0.15, -0.1) is 0 Å². The van der Waals surface area contributed by atoms with Gasteiger partial charge < -0.3 is 40.4 Å². The number of phenolic OH excluding ortho intramolecular Hbond substituents is 2. The van der Waals surface area contributed by atoms with E-state index in [9.17, 15) is 34.8 Å². The first kappa shape index (κ1) is 32.4. The predicted molar refractivity (Wildman–Crippen MR) is 162 cm³/mol. The van der Waals surface area contributed by atoms with Gasteiger partial charge in [-0.1, -0.05) is 31.9 Å². The highest BCUT2D eigenvalue weighted by atomic mass is 32.2. The molecule has 1 aliphatic heterocycles. The Morgan fingerprint density at radius 3 is 2.55 bits per heavy atom. The second-order valence-electron chi connectivity index (χ2n) is 11.8. The lowest BCUT2D eigenvalue weighted by Crippen LogP contribution is -2.53. The number of aromatic hydroxyl groups is 2. The van der Waals surface area contributed by atoms with Crippen molar-refractivity contribution in [3.63, 3.8) is 0 Å². The molecule has 5 rings (SSSR count). The minimum absolute atomic E-state index is 0.00735. The summed E-state index contributed by atoms with van der Waals surface area (Å²) in [6.45, 7) is 3.70. The second-order valence-corrected chi connectivity index (χ2v) is 12.9. The highest BCUT2D eigenvalue weighted by Crippen LogP contribution is 2.52. The third-order valence-electron chi connectivity index (χ3n) is 8.79. The predicted octanol–water partition coefficient (Wildman–Crippen LogP) is 2.93. The fraction of sp³-hybridized carbons (Fsp3) is 0.531. The molecule has 6 atom stereocenters. The van der Waals surface area contributed by atoms with Gasteiger partial charge in [0.2, 0.25) is 5.78 Å². The molecule has 0 aromatic heterocycles. The van der Waals surface area contributed by atoms with Crippen molar-refractivity contribution in [2.45, 2.75) is 88.6 Å². The Labute approximate surface area is 259 Å². The van der Waals surface area contributed by atoms with Gasteiger partial charge in [0.25, 0.3) is 0 Å². The van der Waals surface area contributed by atoms with E-state index in [1.165, 1.54) is 37.1 Å². The molecule has 0 spiro atoms. The molecule has 3 aliphatic rings. The topological polar surface area (TPSA) is 186 Å². The molecule has 1 fully saturated rings. The normalized spacial score (nSPS) is 27.8. The Kier molecular flexibility index (Phi) is 9.41. The Hall–Kier alpha value is -3.00. The molecule has 0 amide bonds. The van der Waals surface area contributed by atoms with Gasteiger partial charge in [0.05, 0.1) is 47.9 Å². The van der Waals surface area contributed by atoms with Gasteiger partial charge >= 0.3 is 0 Å². The molecule has 238 valence electrons. The summed E-state index contributed by atoms with van der Waals surface area (Å²) in [5.41, 5.74) is 3.12. The molecule has 2 aromatic carbocycles. The first-order chi connectivity index (χ1) is 20.9. The number of aliphatic hydroxyl groups excluding tert-OH is 1. The number of aliphatic hydroxyl groups is 2. The molecule has 12 heteroatoms. The Morgan fingerprint density at radius 2 is 1.86 bits per heavy atom. The van der Waals surface area contributed by atoms with Crippen LogP contribution in [0.25, 0.3) is 0 Å². The van der Waals surface area contributed by atoms with E-state index in [-0.39, 0.29) is 46.6 Å². The number of methoxy groups -OCH3 is 1. The number of ketones is 3. The van der Waals surface area contributed by atoms with E-state index in [0.717, 1.165) is 25.0 Å². The summed E-state index contributed by atoms with van der Waals surface area (Å²) in [4.78, 5) is 41.0. The van der Waals surface area contributed by atoms with Gasteiger partial charge in [0, 0.05) is 42.0 Å². The number of unbranched alkanes of at least 4 members (excludes halogenated alkanes) is 2. The molecule has 6 N–H and O–H groups in total. The molecule has 0 saturated carbocycles. The molecule has 1 saturated heterocycles. The van der Waals surface area contributed by atoms with Gasteiger partial charge in [-0.3, -0.25) is 14.4 Å². The zero-order chi connectivity index (χ0) is 31.9. The zero-order valence-corrected chi connectivity index (χ0v) is 25.8. The van der Waals surface area contributed by atoms with Crippen LogP contribution in [-0.2, 0) is 20.7 Å². The van der Waals surface area contributed by atoms with Crippen molar-refractivity contribution < 1.29 is 49.0 Å². The van der Waals surface area contributed by atoms with Crippen LogP contribution in [0.3, 0.4) is 0 Å². The first-order valence-electron chi connectivity index (χ1n) is 14.9. The Morgan fingerprint density at radius 1 is 1.14 bits per heavy atom. The van der Waals surface area contributed by atoms with Crippen LogP contribution < -0.4 is 10.5 Å². The summed E-state index contributed by atoms with van der Waals surface area (Å²) in [6, 6.07) is 3.79. The molecule has 0 radical (unpaired) electrons. The smallest absolute Gasteiger partial charge is 0.202 e. The van der Waals surface area contributed by atoms with Gasteiger partial charge in [-0.25, -0.2) is 0 Å². The van der Waals surface area contributed by atoms with Crippen molar-refractivity contribution in [1.82, 2.24) is 0 Å². The fourth-order valence-electron chi connectivity index (χ4n) is 6.36. The van der Waals surface area contributed by atoms with E-state index in [1.54, 1.807) is 6.92 Å². The lowest BCUT2D eigenvalue weighted by molar-refractivity contribution is -0.247. The monoisotopic (exact) mass is 629 g/mol. The van der Waals surface area contributed by atoms with E-state index < -0.39 is 82.6 Å². The average molecular weight is 630 g/mol. The number of carbonyl (C=O) groups excluding carboxylic acids is 3. The number of nitrogens with two attached hydrogens (primary N) is 1. The van der Waals surface area contributed by atoms with Gasteiger partial charge in [-0.05, 0) is 25.2 Å². The lowest BCUT2D eigenvalue weighted by atomic mass is 9.72. The summed E-state index contributed by atoms with van der Waals surface area (Å²) >= 11 is 1.40. The van der Waals surface area contributed by atoms with E-state index in [2.05, 4.69) is 6.92 Å². The molecule has 1 heterocycles. The number of phenols is 2. The third kappa shape index (κ3) is 5.63. The number of rotatable bonds is 10. The van der Waals surface area contributed by atoms with E-state index in [0.29, 0.717) is 0 Å². The number of hydrogen-bond donors (Lipinski definition) is 5. The van der Waals surface area contributed by atoms with E-state index in [4.69, 9.17) is 19.9 Å². The van der Waals surface area contributed by atoms with E-state index >= 15 is 0 Å². The molecule has 11 nitrogen and oxygen atoms in total. The van der Waals surface area contributed by atoms with Crippen LogP contribution in [0.5, 0.6) is 17.2 Å². The van der Waals surface area contributed by atoms with Crippen LogP contribution in [0.2, 0.25) is 0 Å². The van der Waals surface area contributed by atoms with Gasteiger partial charge in [0.1, 0.15) is 22.8 Å². The highest BCUT2D eigenvalue weighted by Gasteiger charge is 2.50. The van der Waals surface area contributed by atoms with Crippen molar-refractivity contribution in [1.29, 1.82) is 0 Å². The summed E-state index contributed by atoms with van der Waals surface area (Å²) < 4.78 is 17.4. The molecular formula is C32H39NO10S. The second kappa shape index (κ2) is 12.8. The number of ether oxygens (including phenoxy) is 3. The Bertz CT molecular complexity index is 1470. The van der Waals surface area contributed by atoms with Crippen LogP contribution in [0.15, 0.2) is 18.2 Å². The van der Waals surface area contributed by atoms with Crippen LogP contribution in [-0.4, -0.2) is 86.5 Å². The molecule has 0 bridgehead atoms. The SMILES string of the molecule is CCCCCSCC(=O)[C@]1(O)Cc2c(O)c3c(c(O)c2[C@@H](O[C@H]2C[C@H](N)[C@H](O)[C@H](C)O2)C1)C(=O)c1c(OC)cccc1C3=O. The highest BCUT2D eigenvalue weighted by molar-refractivity contribution is 7.99. The maximum Gasteiger partial charge on any atom is 0.202 e. The summed E-state index contributed by atoms with van der Waals surface area (Å²) in [5, 5.41) is 45.3. The Balaban J connectivity index is 1.59. The van der Waals surface area contributed by atoms with Crippen LogP contribution >= 0.6 is 11.8 Å². The first-order valence-corrected chi connectivity index (χ1v) is 16.0. The third-order valence-corrected chi connectivity index (χ3v) is 9.83. The standard InChI is InChI=1S/C32H39NO10S/c1-4-5-6-10-44-14-21(34)32(40)12-17-24(20(13-32)43-22-11-18(33)27(35)15(2)42-22)31(39)26-25(29(17)37)28(36)16-8-7-9-19(41-3)23(16)30(26)38/h7-9,15,18,20,22,27,35,37,39-40H,4-6,10-14,33H2,1-3H3/t15-,18-,20-,22-,27+,32-/m0/s1. The number of Topliss-reactive ketones (excluding diaryl/α,β-unsaturated/α-hetero) is 1. The van der Waals surface area contributed by atoms with Crippen molar-refractivity contribution >= 4 is 29.1 Å². The van der Waals surface area contributed by atoms with Gasteiger partial charge in [0.15, 0.2) is 17.9 Å². The summed E-state index contributed by atoms with van der Waals surface area (Å²) in [7, 11) is 1.35. The van der Waals surface area contributed by atoms with Crippen LogP contribution in [0.1, 0.15) is 95.0 Å². The van der Waals surface area contributed by atoms with E-state index in [1.807, 2.05) is 0 Å².